The lowest BCUT2D eigenvalue weighted by atomic mass is 10.1. The minimum Gasteiger partial charge on any atom is -0.415 e. The smallest absolute Gasteiger partial charge is 0.308 e. The minimum atomic E-state index is -0.408. The van der Waals surface area contributed by atoms with Crippen molar-refractivity contribution in [3.05, 3.63) is 29.8 Å². The summed E-state index contributed by atoms with van der Waals surface area (Å²) in [6, 6.07) is 7.51. The Morgan fingerprint density at radius 3 is 2.50 bits per heavy atom. The van der Waals surface area contributed by atoms with Crippen molar-refractivity contribution < 1.29 is 14.3 Å². The van der Waals surface area contributed by atoms with E-state index in [0.717, 1.165) is 10.1 Å². The summed E-state index contributed by atoms with van der Waals surface area (Å²) in [6.45, 7) is 2.80. The fraction of sp³-hybridized carbons (Fsp3) is 0.167. The normalized spacial score (nSPS) is 10.4. The largest absolute Gasteiger partial charge is 0.415 e. The number of hydrogen-bond donors (Lipinski definition) is 0. The monoisotopic (exact) mass is 234 g/mol. The molecule has 2 aromatic rings. The minimum absolute atomic E-state index is 0.0892. The Morgan fingerprint density at radius 1 is 1.19 bits per heavy atom. The highest BCUT2D eigenvalue weighted by Gasteiger charge is 2.17. The van der Waals surface area contributed by atoms with E-state index >= 15 is 0 Å². The zero-order chi connectivity index (χ0) is 11.7. The van der Waals surface area contributed by atoms with Gasteiger partial charge in [-0.25, -0.2) is 0 Å². The van der Waals surface area contributed by atoms with Crippen LogP contribution in [0.5, 0.6) is 5.06 Å². The molecule has 0 N–H and O–H groups in total. The van der Waals surface area contributed by atoms with E-state index in [-0.39, 0.29) is 5.78 Å². The van der Waals surface area contributed by atoms with Gasteiger partial charge in [0.15, 0.2) is 10.8 Å². The van der Waals surface area contributed by atoms with Gasteiger partial charge in [0.25, 0.3) is 0 Å². The average Bonchev–Trinajstić information content (AvgIpc) is 2.53. The summed E-state index contributed by atoms with van der Waals surface area (Å²) < 4.78 is 6.00. The average molecular weight is 234 g/mol. The molecule has 0 saturated carbocycles. The van der Waals surface area contributed by atoms with Crippen LogP contribution < -0.4 is 4.74 Å². The van der Waals surface area contributed by atoms with Crippen LogP contribution in [0.3, 0.4) is 0 Å². The fourth-order valence-corrected chi connectivity index (χ4v) is 2.70. The molecule has 1 aromatic carbocycles. The highest BCUT2D eigenvalue weighted by atomic mass is 32.1. The molecule has 0 aliphatic rings. The summed E-state index contributed by atoms with van der Waals surface area (Å²) in [5, 5.41) is 1.23. The van der Waals surface area contributed by atoms with Gasteiger partial charge in [0.2, 0.25) is 0 Å². The number of ketones is 1. The number of fused-ring (bicyclic) bond motifs is 1. The zero-order valence-corrected chi connectivity index (χ0v) is 9.76. The summed E-state index contributed by atoms with van der Waals surface area (Å²) in [7, 11) is 0. The number of rotatable bonds is 2. The van der Waals surface area contributed by atoms with Crippen LogP contribution in [0.15, 0.2) is 24.3 Å². The van der Waals surface area contributed by atoms with Crippen molar-refractivity contribution in [3.8, 4) is 5.06 Å². The number of carbonyl (C=O) groups excluding carboxylic acids is 2. The first-order valence-electron chi connectivity index (χ1n) is 4.80. The molecule has 0 spiro atoms. The van der Waals surface area contributed by atoms with Crippen LogP contribution in [0.25, 0.3) is 10.1 Å². The van der Waals surface area contributed by atoms with Crippen LogP contribution in [-0.4, -0.2) is 11.8 Å². The van der Waals surface area contributed by atoms with Gasteiger partial charge in [-0.1, -0.05) is 29.5 Å². The predicted molar refractivity (Wildman–Crippen MR) is 63.1 cm³/mol. The van der Waals surface area contributed by atoms with Crippen molar-refractivity contribution in [2.24, 2.45) is 0 Å². The van der Waals surface area contributed by atoms with Crippen LogP contribution in [0.4, 0.5) is 0 Å². The van der Waals surface area contributed by atoms with Gasteiger partial charge < -0.3 is 4.74 Å². The van der Waals surface area contributed by atoms with Crippen LogP contribution in [-0.2, 0) is 4.79 Å². The first kappa shape index (κ1) is 10.8. The van der Waals surface area contributed by atoms with E-state index < -0.39 is 5.97 Å². The van der Waals surface area contributed by atoms with E-state index in [1.165, 1.54) is 25.2 Å². The predicted octanol–water partition coefficient (Wildman–Crippen LogP) is 3.03. The highest BCUT2D eigenvalue weighted by molar-refractivity contribution is 7.21. The zero-order valence-electron chi connectivity index (χ0n) is 8.94. The molecule has 2 rings (SSSR count). The molecule has 4 heteroatoms. The SMILES string of the molecule is CC(=O)Oc1sc2ccccc2c1C(C)=O. The molecule has 0 aliphatic heterocycles. The Hall–Kier alpha value is -1.68. The Morgan fingerprint density at radius 2 is 1.88 bits per heavy atom. The van der Waals surface area contributed by atoms with E-state index in [0.29, 0.717) is 10.6 Å². The second-order valence-electron chi connectivity index (χ2n) is 3.41. The third-order valence-corrected chi connectivity index (χ3v) is 3.20. The summed E-state index contributed by atoms with van der Waals surface area (Å²) >= 11 is 1.32. The summed E-state index contributed by atoms with van der Waals surface area (Å²) in [5.74, 6) is -0.497. The fourth-order valence-electron chi connectivity index (χ4n) is 1.56. The van der Waals surface area contributed by atoms with Crippen molar-refractivity contribution in [1.29, 1.82) is 0 Å². The van der Waals surface area contributed by atoms with Crippen molar-refractivity contribution >= 4 is 33.2 Å². The Labute approximate surface area is 96.6 Å². The maximum absolute atomic E-state index is 11.5. The second kappa shape index (κ2) is 4.06. The lowest BCUT2D eigenvalue weighted by Crippen LogP contribution is -2.03. The number of thiophene rings is 1. The van der Waals surface area contributed by atoms with Crippen LogP contribution in [0.2, 0.25) is 0 Å². The number of hydrogen-bond acceptors (Lipinski definition) is 4. The van der Waals surface area contributed by atoms with Gasteiger partial charge in [-0.15, -0.1) is 0 Å². The van der Waals surface area contributed by atoms with Gasteiger partial charge in [-0.2, -0.15) is 0 Å². The molecule has 16 heavy (non-hydrogen) atoms. The molecule has 0 fully saturated rings. The van der Waals surface area contributed by atoms with Crippen molar-refractivity contribution in [1.82, 2.24) is 0 Å². The number of benzene rings is 1. The van der Waals surface area contributed by atoms with Gasteiger partial charge in [0.1, 0.15) is 0 Å². The van der Waals surface area contributed by atoms with Crippen LogP contribution in [0.1, 0.15) is 24.2 Å². The third-order valence-electron chi connectivity index (χ3n) is 2.15. The Bertz CT molecular complexity index is 569. The molecule has 0 saturated heterocycles. The highest BCUT2D eigenvalue weighted by Crippen LogP contribution is 2.37. The summed E-state index contributed by atoms with van der Waals surface area (Å²) in [6.07, 6.45) is 0. The van der Waals surface area contributed by atoms with Crippen molar-refractivity contribution in [2.75, 3.05) is 0 Å². The van der Waals surface area contributed by atoms with E-state index in [4.69, 9.17) is 4.74 Å². The molecular formula is C12H10O3S. The van der Waals surface area contributed by atoms with Gasteiger partial charge in [-0.05, 0) is 13.0 Å². The van der Waals surface area contributed by atoms with Gasteiger partial charge >= 0.3 is 5.97 Å². The molecule has 0 amide bonds. The van der Waals surface area contributed by atoms with E-state index in [1.54, 1.807) is 0 Å². The molecule has 3 nitrogen and oxygen atoms in total. The Balaban J connectivity index is 2.68. The molecule has 0 bridgehead atoms. The van der Waals surface area contributed by atoms with Crippen LogP contribution in [0, 0.1) is 0 Å². The summed E-state index contributed by atoms with van der Waals surface area (Å²) in [5.41, 5.74) is 0.496. The van der Waals surface area contributed by atoms with Gasteiger partial charge in [0.05, 0.1) is 5.56 Å². The maximum atomic E-state index is 11.5. The maximum Gasteiger partial charge on any atom is 0.308 e. The molecule has 1 heterocycles. The molecule has 0 radical (unpaired) electrons. The van der Waals surface area contributed by atoms with Crippen LogP contribution >= 0.6 is 11.3 Å². The standard InChI is InChI=1S/C12H10O3S/c1-7(13)11-9-5-3-4-6-10(9)16-12(11)15-8(2)14/h3-6H,1-2H3. The van der Waals surface area contributed by atoms with Gasteiger partial charge in [-0.3, -0.25) is 9.59 Å². The first-order chi connectivity index (χ1) is 7.59. The van der Waals surface area contributed by atoms with Gasteiger partial charge in [0, 0.05) is 17.0 Å². The van der Waals surface area contributed by atoms with E-state index in [9.17, 15) is 9.59 Å². The molecule has 0 atom stereocenters. The third kappa shape index (κ3) is 1.84. The second-order valence-corrected chi connectivity index (χ2v) is 4.43. The molecule has 82 valence electrons. The number of ether oxygens (including phenoxy) is 1. The van der Waals surface area contributed by atoms with E-state index in [2.05, 4.69) is 0 Å². The number of Topliss-reactive ketones (excluding diaryl/α,β-unsaturated/α-hetero) is 1. The quantitative estimate of drug-likeness (QED) is 0.592. The van der Waals surface area contributed by atoms with Crippen molar-refractivity contribution in [2.45, 2.75) is 13.8 Å². The molecule has 0 unspecified atom stereocenters. The van der Waals surface area contributed by atoms with E-state index in [1.807, 2.05) is 24.3 Å². The Kier molecular flexibility index (Phi) is 2.75. The number of esters is 1. The topological polar surface area (TPSA) is 43.4 Å². The lowest BCUT2D eigenvalue weighted by Gasteiger charge is -1.99. The van der Waals surface area contributed by atoms with Crippen molar-refractivity contribution in [3.63, 3.8) is 0 Å². The molecule has 0 aliphatic carbocycles. The summed E-state index contributed by atoms with van der Waals surface area (Å²) in [4.78, 5) is 22.5. The molecular weight excluding hydrogens is 224 g/mol. The molecule has 1 aromatic heterocycles. The lowest BCUT2D eigenvalue weighted by molar-refractivity contribution is -0.131. The first-order valence-corrected chi connectivity index (χ1v) is 5.62. The number of carbonyl (C=O) groups is 2.